The average molecular weight is 324 g/mol. The number of hydrogen-bond donors (Lipinski definition) is 1. The molecule has 1 aliphatic carbocycles. The van der Waals surface area contributed by atoms with Gasteiger partial charge in [0, 0.05) is 16.2 Å². The maximum Gasteiger partial charge on any atom is 0.0486 e. The third kappa shape index (κ3) is 4.24. The fourth-order valence-electron chi connectivity index (χ4n) is 3.10. The Labute approximate surface area is 126 Å². The lowest BCUT2D eigenvalue weighted by Crippen LogP contribution is -2.19. The predicted molar refractivity (Wildman–Crippen MR) is 87.7 cm³/mol. The van der Waals surface area contributed by atoms with Crippen molar-refractivity contribution in [1.82, 2.24) is 0 Å². The number of benzene rings is 1. The second-order valence-corrected chi connectivity index (χ2v) is 7.19. The van der Waals surface area contributed by atoms with Crippen LogP contribution >= 0.6 is 15.9 Å². The number of hydrogen-bond acceptors (Lipinski definition) is 1. The summed E-state index contributed by atoms with van der Waals surface area (Å²) in [6.45, 7) is 6.87. The summed E-state index contributed by atoms with van der Waals surface area (Å²) in [5.74, 6) is 1.76. The maximum atomic E-state index is 3.73. The molecule has 0 spiro atoms. The van der Waals surface area contributed by atoms with Crippen molar-refractivity contribution in [3.8, 4) is 0 Å². The highest BCUT2D eigenvalue weighted by Crippen LogP contribution is 2.31. The first-order chi connectivity index (χ1) is 9.06. The second kappa shape index (κ2) is 6.78. The molecule has 0 bridgehead atoms. The zero-order valence-electron chi connectivity index (χ0n) is 12.4. The quantitative estimate of drug-likeness (QED) is 0.696. The Morgan fingerprint density at radius 1 is 1.16 bits per heavy atom. The van der Waals surface area contributed by atoms with E-state index in [-0.39, 0.29) is 0 Å². The lowest BCUT2D eigenvalue weighted by atomic mass is 9.89. The molecule has 0 radical (unpaired) electrons. The monoisotopic (exact) mass is 323 g/mol. The molecular formula is C17H26BrN. The fourth-order valence-corrected chi connectivity index (χ4v) is 3.71. The number of nitrogens with one attached hydrogen (secondary N) is 1. The van der Waals surface area contributed by atoms with E-state index >= 15 is 0 Å². The van der Waals surface area contributed by atoms with E-state index in [9.17, 15) is 0 Å². The first-order valence-corrected chi connectivity index (χ1v) is 8.38. The van der Waals surface area contributed by atoms with Crippen molar-refractivity contribution in [2.24, 2.45) is 11.8 Å². The lowest BCUT2D eigenvalue weighted by molar-refractivity contribution is 0.341. The van der Waals surface area contributed by atoms with Crippen molar-refractivity contribution < 1.29 is 0 Å². The van der Waals surface area contributed by atoms with Crippen LogP contribution in [0.1, 0.15) is 51.5 Å². The topological polar surface area (TPSA) is 12.0 Å². The summed E-state index contributed by atoms with van der Waals surface area (Å²) in [5.41, 5.74) is 2.55. The van der Waals surface area contributed by atoms with Gasteiger partial charge in [-0.05, 0) is 71.6 Å². The van der Waals surface area contributed by atoms with E-state index in [0.29, 0.717) is 6.04 Å². The van der Waals surface area contributed by atoms with Crippen molar-refractivity contribution in [1.29, 1.82) is 0 Å². The van der Waals surface area contributed by atoms with Gasteiger partial charge < -0.3 is 5.32 Å². The molecule has 2 rings (SSSR count). The van der Waals surface area contributed by atoms with Crippen LogP contribution in [0.2, 0.25) is 0 Å². The second-order valence-electron chi connectivity index (χ2n) is 6.34. The number of rotatable bonds is 3. The normalized spacial score (nSPS) is 24.3. The minimum atomic E-state index is 0.641. The van der Waals surface area contributed by atoms with Crippen LogP contribution in [-0.4, -0.2) is 6.04 Å². The van der Waals surface area contributed by atoms with E-state index in [0.717, 1.165) is 11.8 Å². The van der Waals surface area contributed by atoms with Gasteiger partial charge in [-0.1, -0.05) is 32.8 Å². The molecule has 0 saturated heterocycles. The highest BCUT2D eigenvalue weighted by molar-refractivity contribution is 9.10. The van der Waals surface area contributed by atoms with Gasteiger partial charge in [-0.15, -0.1) is 0 Å². The fraction of sp³-hybridized carbons (Fsp3) is 0.647. The van der Waals surface area contributed by atoms with Gasteiger partial charge in [-0.3, -0.25) is 0 Å². The summed E-state index contributed by atoms with van der Waals surface area (Å²) in [7, 11) is 0. The third-order valence-electron chi connectivity index (χ3n) is 4.44. The van der Waals surface area contributed by atoms with Crippen LogP contribution in [0.15, 0.2) is 22.7 Å². The zero-order valence-corrected chi connectivity index (χ0v) is 14.0. The summed E-state index contributed by atoms with van der Waals surface area (Å²) in [5, 5.41) is 3.73. The van der Waals surface area contributed by atoms with Gasteiger partial charge in [0.1, 0.15) is 0 Å². The summed E-state index contributed by atoms with van der Waals surface area (Å²) in [6, 6.07) is 7.21. The van der Waals surface area contributed by atoms with Gasteiger partial charge in [0.2, 0.25) is 0 Å². The highest BCUT2D eigenvalue weighted by atomic mass is 79.9. The molecule has 106 valence electrons. The van der Waals surface area contributed by atoms with Crippen molar-refractivity contribution in [2.75, 3.05) is 5.32 Å². The van der Waals surface area contributed by atoms with Gasteiger partial charge in [0.25, 0.3) is 0 Å². The number of aryl methyl sites for hydroxylation is 1. The van der Waals surface area contributed by atoms with Crippen molar-refractivity contribution in [3.63, 3.8) is 0 Å². The maximum absolute atomic E-state index is 3.73. The molecule has 1 nitrogen and oxygen atoms in total. The van der Waals surface area contributed by atoms with E-state index in [1.54, 1.807) is 0 Å². The summed E-state index contributed by atoms with van der Waals surface area (Å²) < 4.78 is 1.19. The van der Waals surface area contributed by atoms with Crippen LogP contribution in [0.3, 0.4) is 0 Å². The van der Waals surface area contributed by atoms with Crippen molar-refractivity contribution in [3.05, 3.63) is 28.2 Å². The minimum absolute atomic E-state index is 0.641. The molecule has 1 aromatic carbocycles. The Kier molecular flexibility index (Phi) is 5.32. The van der Waals surface area contributed by atoms with E-state index in [4.69, 9.17) is 0 Å². The van der Waals surface area contributed by atoms with Gasteiger partial charge in [-0.25, -0.2) is 0 Å². The Hall–Kier alpha value is -0.500. The Morgan fingerprint density at radius 2 is 1.95 bits per heavy atom. The molecule has 2 atom stereocenters. The standard InChI is InChI=1S/C17H26BrN/c1-12(2)14-5-4-6-15(9-8-14)19-17-10-7-13(3)11-16(17)18/h7,10-12,14-15,19H,4-6,8-9H2,1-3H3. The van der Waals surface area contributed by atoms with Gasteiger partial charge in [-0.2, -0.15) is 0 Å². The van der Waals surface area contributed by atoms with Crippen LogP contribution in [0, 0.1) is 18.8 Å². The van der Waals surface area contributed by atoms with Gasteiger partial charge in [0.15, 0.2) is 0 Å². The molecular weight excluding hydrogens is 298 g/mol. The molecule has 0 aromatic heterocycles. The third-order valence-corrected chi connectivity index (χ3v) is 5.10. The van der Waals surface area contributed by atoms with Crippen LogP contribution in [-0.2, 0) is 0 Å². The molecule has 1 saturated carbocycles. The van der Waals surface area contributed by atoms with Crippen LogP contribution in [0.4, 0.5) is 5.69 Å². The zero-order chi connectivity index (χ0) is 13.8. The Balaban J connectivity index is 1.96. The highest BCUT2D eigenvalue weighted by Gasteiger charge is 2.21. The molecule has 2 unspecified atom stereocenters. The predicted octanol–water partition coefficient (Wildman–Crippen LogP) is 5.77. The number of halogens is 1. The molecule has 1 aliphatic rings. The molecule has 19 heavy (non-hydrogen) atoms. The molecule has 0 heterocycles. The largest absolute Gasteiger partial charge is 0.381 e. The minimum Gasteiger partial charge on any atom is -0.381 e. The van der Waals surface area contributed by atoms with Gasteiger partial charge >= 0.3 is 0 Å². The van der Waals surface area contributed by atoms with Crippen LogP contribution < -0.4 is 5.32 Å². The van der Waals surface area contributed by atoms with Crippen molar-refractivity contribution in [2.45, 2.75) is 58.9 Å². The van der Waals surface area contributed by atoms with E-state index in [2.05, 4.69) is 60.2 Å². The molecule has 1 aromatic rings. The summed E-state index contributed by atoms with van der Waals surface area (Å²) >= 11 is 3.67. The number of anilines is 1. The molecule has 2 heteroatoms. The molecule has 1 fully saturated rings. The summed E-state index contributed by atoms with van der Waals surface area (Å²) in [4.78, 5) is 0. The van der Waals surface area contributed by atoms with E-state index < -0.39 is 0 Å². The van der Waals surface area contributed by atoms with E-state index in [1.807, 2.05) is 0 Å². The molecule has 1 N–H and O–H groups in total. The molecule has 0 aliphatic heterocycles. The van der Waals surface area contributed by atoms with E-state index in [1.165, 1.54) is 47.8 Å². The van der Waals surface area contributed by atoms with Crippen LogP contribution in [0.25, 0.3) is 0 Å². The Bertz CT molecular complexity index is 414. The lowest BCUT2D eigenvalue weighted by Gasteiger charge is -2.20. The summed E-state index contributed by atoms with van der Waals surface area (Å²) in [6.07, 6.45) is 6.76. The Morgan fingerprint density at radius 3 is 2.63 bits per heavy atom. The van der Waals surface area contributed by atoms with Crippen molar-refractivity contribution >= 4 is 21.6 Å². The average Bonchev–Trinajstić information content (AvgIpc) is 2.58. The van der Waals surface area contributed by atoms with Gasteiger partial charge in [0.05, 0.1) is 0 Å². The van der Waals surface area contributed by atoms with Crippen LogP contribution in [0.5, 0.6) is 0 Å². The molecule has 0 amide bonds. The smallest absolute Gasteiger partial charge is 0.0486 e. The first kappa shape index (κ1) is 14.9. The first-order valence-electron chi connectivity index (χ1n) is 7.59. The SMILES string of the molecule is Cc1ccc(NC2CCCC(C(C)C)CC2)c(Br)c1.